The molecule has 0 atom stereocenters. The van der Waals surface area contributed by atoms with Gasteiger partial charge < -0.3 is 4.98 Å². The summed E-state index contributed by atoms with van der Waals surface area (Å²) in [6.07, 6.45) is 1.95. The standard InChI is InChI=1S/C33H22N2/c1-5-13-27-22(9-1)19-23-10-2-6-14-28(23)32(27)31-18-17-26(35-31)21-34-33-29-15-7-3-11-24(29)20-25-12-4-8-16-30(25)33/h1-21,35H. The Bertz CT molecular complexity index is 1800. The Balaban J connectivity index is 1.38. The van der Waals surface area contributed by atoms with Gasteiger partial charge >= 0.3 is 0 Å². The van der Waals surface area contributed by atoms with Crippen LogP contribution in [-0.4, -0.2) is 11.2 Å². The Kier molecular flexibility index (Phi) is 4.49. The second kappa shape index (κ2) is 7.96. The van der Waals surface area contributed by atoms with Crippen molar-refractivity contribution in [3.63, 3.8) is 0 Å². The Hall–Kier alpha value is -4.69. The maximum absolute atomic E-state index is 5.01. The van der Waals surface area contributed by atoms with Gasteiger partial charge in [0, 0.05) is 22.0 Å². The quantitative estimate of drug-likeness (QED) is 0.207. The van der Waals surface area contributed by atoms with Crippen LogP contribution in [0.15, 0.2) is 126 Å². The lowest BCUT2D eigenvalue weighted by Crippen LogP contribution is -1.87. The normalized spacial score (nSPS) is 11.9. The summed E-state index contributed by atoms with van der Waals surface area (Å²) in [5, 5.41) is 9.71. The number of benzene rings is 6. The maximum atomic E-state index is 5.01. The van der Waals surface area contributed by atoms with Gasteiger partial charge in [0.25, 0.3) is 0 Å². The predicted molar refractivity (Wildman–Crippen MR) is 150 cm³/mol. The summed E-state index contributed by atoms with van der Waals surface area (Å²) in [4.78, 5) is 8.64. The van der Waals surface area contributed by atoms with E-state index < -0.39 is 0 Å². The van der Waals surface area contributed by atoms with Crippen molar-refractivity contribution in [2.75, 3.05) is 0 Å². The number of nitrogens with one attached hydrogen (secondary N) is 1. The van der Waals surface area contributed by atoms with Crippen molar-refractivity contribution in [1.29, 1.82) is 0 Å². The van der Waals surface area contributed by atoms with E-state index in [1.807, 2.05) is 6.21 Å². The summed E-state index contributed by atoms with van der Waals surface area (Å²) in [6.45, 7) is 0. The van der Waals surface area contributed by atoms with Crippen LogP contribution in [0.25, 0.3) is 54.3 Å². The van der Waals surface area contributed by atoms with Crippen molar-refractivity contribution in [2.45, 2.75) is 0 Å². The lowest BCUT2D eigenvalue weighted by Gasteiger charge is -2.10. The lowest BCUT2D eigenvalue weighted by atomic mass is 9.95. The number of fused-ring (bicyclic) bond motifs is 4. The summed E-state index contributed by atoms with van der Waals surface area (Å²) in [5.41, 5.74) is 4.32. The number of aromatic amines is 1. The fourth-order valence-electron chi connectivity index (χ4n) is 5.20. The first-order valence-corrected chi connectivity index (χ1v) is 11.9. The van der Waals surface area contributed by atoms with Crippen molar-refractivity contribution in [1.82, 2.24) is 4.98 Å². The molecule has 35 heavy (non-hydrogen) atoms. The third-order valence-electron chi connectivity index (χ3n) is 6.82. The van der Waals surface area contributed by atoms with Crippen LogP contribution in [0.5, 0.6) is 0 Å². The minimum Gasteiger partial charge on any atom is -0.354 e. The van der Waals surface area contributed by atoms with Gasteiger partial charge in [-0.3, -0.25) is 4.99 Å². The van der Waals surface area contributed by atoms with Crippen molar-refractivity contribution < 1.29 is 0 Å². The molecule has 1 N–H and O–H groups in total. The smallest absolute Gasteiger partial charge is 0.0787 e. The van der Waals surface area contributed by atoms with Crippen molar-refractivity contribution in [3.05, 3.63) is 127 Å². The first-order valence-electron chi connectivity index (χ1n) is 11.9. The molecule has 1 heterocycles. The molecule has 6 aromatic carbocycles. The highest BCUT2D eigenvalue weighted by molar-refractivity contribution is 6.13. The highest BCUT2D eigenvalue weighted by Gasteiger charge is 2.11. The molecule has 0 aliphatic rings. The van der Waals surface area contributed by atoms with Crippen molar-refractivity contribution >= 4 is 55.0 Å². The molecular formula is C33H22N2. The van der Waals surface area contributed by atoms with Gasteiger partial charge in [0.05, 0.1) is 17.6 Å². The molecule has 0 aliphatic carbocycles. The van der Waals surface area contributed by atoms with Gasteiger partial charge in [0.2, 0.25) is 0 Å². The monoisotopic (exact) mass is 446 g/mol. The van der Waals surface area contributed by atoms with E-state index in [0.29, 0.717) is 0 Å². The summed E-state index contributed by atoms with van der Waals surface area (Å²) in [7, 11) is 0. The summed E-state index contributed by atoms with van der Waals surface area (Å²) >= 11 is 0. The van der Waals surface area contributed by atoms with Crippen LogP contribution in [0.2, 0.25) is 0 Å². The molecule has 0 aliphatic heterocycles. The van der Waals surface area contributed by atoms with Crippen LogP contribution in [0.1, 0.15) is 5.69 Å². The summed E-state index contributed by atoms with van der Waals surface area (Å²) in [6, 6.07) is 42.9. The van der Waals surface area contributed by atoms with Crippen LogP contribution >= 0.6 is 0 Å². The van der Waals surface area contributed by atoms with Crippen molar-refractivity contribution in [2.24, 2.45) is 4.99 Å². The van der Waals surface area contributed by atoms with Crippen LogP contribution in [0.3, 0.4) is 0 Å². The first kappa shape index (κ1) is 19.7. The molecule has 7 rings (SSSR count). The fraction of sp³-hybridized carbons (Fsp3) is 0. The Morgan fingerprint density at radius 2 is 0.943 bits per heavy atom. The van der Waals surface area contributed by atoms with Gasteiger partial charge in [-0.05, 0) is 56.6 Å². The van der Waals surface area contributed by atoms with Gasteiger partial charge in [-0.25, -0.2) is 0 Å². The zero-order valence-electron chi connectivity index (χ0n) is 19.1. The SMILES string of the molecule is C(=Nc1c2ccccc2cc2ccccc12)c1ccc(-c2c3ccccc3cc3ccccc23)[nH]1. The number of hydrogen-bond acceptors (Lipinski definition) is 1. The molecule has 164 valence electrons. The zero-order chi connectivity index (χ0) is 23.2. The van der Waals surface area contributed by atoms with E-state index in [-0.39, 0.29) is 0 Å². The van der Waals surface area contributed by atoms with Crippen LogP contribution in [0, 0.1) is 0 Å². The molecule has 0 amide bonds. The second-order valence-corrected chi connectivity index (χ2v) is 8.95. The summed E-state index contributed by atoms with van der Waals surface area (Å²) < 4.78 is 0. The van der Waals surface area contributed by atoms with Crippen LogP contribution in [0.4, 0.5) is 5.69 Å². The van der Waals surface area contributed by atoms with Crippen LogP contribution < -0.4 is 0 Å². The largest absolute Gasteiger partial charge is 0.354 e. The molecule has 0 saturated carbocycles. The third-order valence-corrected chi connectivity index (χ3v) is 6.82. The van der Waals surface area contributed by atoms with E-state index in [1.54, 1.807) is 0 Å². The average Bonchev–Trinajstić information content (AvgIpc) is 3.38. The number of hydrogen-bond donors (Lipinski definition) is 1. The minimum atomic E-state index is 0.981. The molecule has 0 spiro atoms. The summed E-state index contributed by atoms with van der Waals surface area (Å²) in [5.74, 6) is 0. The van der Waals surface area contributed by atoms with Gasteiger partial charge in [0.1, 0.15) is 0 Å². The highest BCUT2D eigenvalue weighted by Crippen LogP contribution is 2.37. The fourth-order valence-corrected chi connectivity index (χ4v) is 5.20. The Morgan fingerprint density at radius 3 is 1.49 bits per heavy atom. The van der Waals surface area contributed by atoms with Gasteiger partial charge in [-0.15, -0.1) is 0 Å². The van der Waals surface area contributed by atoms with Crippen molar-refractivity contribution in [3.8, 4) is 11.3 Å². The average molecular weight is 447 g/mol. The van der Waals surface area contributed by atoms with E-state index in [9.17, 15) is 0 Å². The molecule has 2 nitrogen and oxygen atoms in total. The Morgan fingerprint density at radius 1 is 0.486 bits per heavy atom. The van der Waals surface area contributed by atoms with Gasteiger partial charge in [-0.1, -0.05) is 97.1 Å². The molecule has 0 bridgehead atoms. The third kappa shape index (κ3) is 3.31. The zero-order valence-corrected chi connectivity index (χ0v) is 19.1. The number of H-pyrrole nitrogens is 1. The van der Waals surface area contributed by atoms with E-state index in [1.165, 1.54) is 37.9 Å². The molecule has 0 saturated heterocycles. The number of rotatable bonds is 3. The second-order valence-electron chi connectivity index (χ2n) is 8.95. The molecule has 0 radical (unpaired) electrons. The van der Waals surface area contributed by atoms with E-state index in [4.69, 9.17) is 4.99 Å². The molecular weight excluding hydrogens is 424 g/mol. The lowest BCUT2D eigenvalue weighted by molar-refractivity contribution is 1.38. The van der Waals surface area contributed by atoms with E-state index in [2.05, 4.69) is 126 Å². The van der Waals surface area contributed by atoms with Gasteiger partial charge in [0.15, 0.2) is 0 Å². The number of aliphatic imine (C=N–C) groups is 1. The number of aromatic nitrogens is 1. The molecule has 7 aromatic rings. The molecule has 1 aromatic heterocycles. The van der Waals surface area contributed by atoms with E-state index in [0.717, 1.165) is 27.8 Å². The molecule has 0 fully saturated rings. The topological polar surface area (TPSA) is 28.1 Å². The molecule has 0 unspecified atom stereocenters. The Labute approximate surface area is 203 Å². The highest BCUT2D eigenvalue weighted by atomic mass is 14.8. The van der Waals surface area contributed by atoms with Crippen LogP contribution in [-0.2, 0) is 0 Å². The first-order chi connectivity index (χ1) is 17.3. The number of nitrogens with zero attached hydrogens (tertiary/aromatic N) is 1. The predicted octanol–water partition coefficient (Wildman–Crippen LogP) is 9.05. The van der Waals surface area contributed by atoms with Gasteiger partial charge in [-0.2, -0.15) is 0 Å². The maximum Gasteiger partial charge on any atom is 0.0787 e. The minimum absolute atomic E-state index is 0.981. The molecule has 2 heteroatoms. The van der Waals surface area contributed by atoms with E-state index >= 15 is 0 Å².